The van der Waals surface area contributed by atoms with Crippen LogP contribution in [0.4, 0.5) is 13.2 Å². The van der Waals surface area contributed by atoms with Gasteiger partial charge in [0.1, 0.15) is 15.7 Å². The zero-order valence-corrected chi connectivity index (χ0v) is 18.9. The molecule has 1 saturated heterocycles. The molecule has 0 aromatic heterocycles. The third kappa shape index (κ3) is 4.39. The van der Waals surface area contributed by atoms with E-state index >= 15 is 0 Å². The van der Waals surface area contributed by atoms with Gasteiger partial charge in [-0.2, -0.15) is 17.5 Å². The van der Waals surface area contributed by atoms with Crippen molar-refractivity contribution in [1.82, 2.24) is 4.31 Å². The number of aryl methyl sites for hydroxylation is 1. The van der Waals surface area contributed by atoms with Crippen LogP contribution in [0, 0.1) is 6.92 Å². The van der Waals surface area contributed by atoms with Crippen LogP contribution in [0.15, 0.2) is 52.3 Å². The van der Waals surface area contributed by atoms with E-state index in [0.29, 0.717) is 22.5 Å². The summed E-state index contributed by atoms with van der Waals surface area (Å²) in [5, 5.41) is 18.1. The van der Waals surface area contributed by atoms with Crippen LogP contribution >= 0.6 is 11.6 Å². The van der Waals surface area contributed by atoms with E-state index in [1.807, 2.05) is 0 Å². The van der Waals surface area contributed by atoms with E-state index in [-0.39, 0.29) is 4.90 Å². The third-order valence-electron chi connectivity index (χ3n) is 5.29. The van der Waals surface area contributed by atoms with Crippen LogP contribution in [0.1, 0.15) is 11.1 Å². The van der Waals surface area contributed by atoms with Gasteiger partial charge in [0.25, 0.3) is 0 Å². The molecule has 0 spiro atoms. The molecule has 0 saturated carbocycles. The number of alkyl halides is 3. The number of halogens is 4. The van der Waals surface area contributed by atoms with E-state index in [2.05, 4.69) is 0 Å². The molecule has 1 aliphatic rings. The number of nitrogens with zero attached hydrogens (tertiary/aromatic N) is 1. The van der Waals surface area contributed by atoms with Gasteiger partial charge in [-0.15, -0.1) is 0 Å². The van der Waals surface area contributed by atoms with Crippen molar-refractivity contribution in [2.45, 2.75) is 33.7 Å². The summed E-state index contributed by atoms with van der Waals surface area (Å²) in [6.07, 6.45) is -4.75. The average Bonchev–Trinajstić information content (AvgIpc) is 3.07. The second-order valence-electron chi connectivity index (χ2n) is 7.55. The molecule has 0 bridgehead atoms. The van der Waals surface area contributed by atoms with Gasteiger partial charge in [-0.1, -0.05) is 29.3 Å². The normalized spacial score (nSPS) is 22.9. The number of benzene rings is 2. The Hall–Kier alpha value is -1.70. The molecule has 7 nitrogen and oxygen atoms in total. The molecule has 3 rings (SSSR count). The second kappa shape index (κ2) is 8.26. The molecule has 0 radical (unpaired) electrons. The molecule has 2 aromatic carbocycles. The Kier molecular flexibility index (Phi) is 6.44. The third-order valence-corrected chi connectivity index (χ3v) is 9.85. The predicted octanol–water partition coefficient (Wildman–Crippen LogP) is 2.24. The Labute approximate surface area is 188 Å². The van der Waals surface area contributed by atoms with Gasteiger partial charge >= 0.3 is 6.18 Å². The highest BCUT2D eigenvalue weighted by molar-refractivity contribution is 7.92. The highest BCUT2D eigenvalue weighted by Gasteiger charge is 2.55. The molecule has 0 unspecified atom stereocenters. The molecule has 2 N–H and O–H groups in total. The summed E-state index contributed by atoms with van der Waals surface area (Å²) >= 11 is 5.80. The number of aliphatic hydroxyl groups excluding tert-OH is 1. The van der Waals surface area contributed by atoms with Gasteiger partial charge < -0.3 is 10.2 Å². The molecule has 0 amide bonds. The Bertz CT molecular complexity index is 1230. The van der Waals surface area contributed by atoms with Crippen molar-refractivity contribution >= 4 is 31.5 Å². The summed E-state index contributed by atoms with van der Waals surface area (Å²) in [5.74, 6) is 0. The van der Waals surface area contributed by atoms with Crippen molar-refractivity contribution in [3.8, 4) is 0 Å². The maximum absolute atomic E-state index is 13.1. The molecular weight excluding hydrogens is 495 g/mol. The van der Waals surface area contributed by atoms with Crippen LogP contribution in [0.5, 0.6) is 0 Å². The topological polar surface area (TPSA) is 112 Å². The molecule has 2 aromatic rings. The zero-order valence-electron chi connectivity index (χ0n) is 16.5. The number of β-amino-alcohol motifs (C(OH)–C–C–N with tert-alkyl or cyclic N) is 1. The van der Waals surface area contributed by atoms with Crippen molar-refractivity contribution in [3.63, 3.8) is 0 Å². The van der Waals surface area contributed by atoms with Gasteiger partial charge in [0, 0.05) is 13.1 Å². The largest absolute Gasteiger partial charge is 0.416 e. The van der Waals surface area contributed by atoms with Crippen LogP contribution in [0.2, 0.25) is 5.02 Å². The van der Waals surface area contributed by atoms with Gasteiger partial charge in [0.05, 0.1) is 22.1 Å². The standard InChI is InChI=1S/C19H19ClF3NO6S2/c1-12-2-5-14(6-3-12)31(27,28)17-9-24(10-18(17,26)11-25)32(29,30)16-7-4-13(8-15(16)20)19(21,22)23/h2-8,17,25-26H,9-11H2,1H3/t17-,18+/m0/s1. The molecule has 0 aliphatic carbocycles. The molecule has 1 aliphatic heterocycles. The SMILES string of the molecule is Cc1ccc(S(=O)(=O)[C@H]2CN(S(=O)(=O)c3ccc(C(F)(F)F)cc3Cl)C[C@@]2(O)CO)cc1. The monoisotopic (exact) mass is 513 g/mol. The summed E-state index contributed by atoms with van der Waals surface area (Å²) < 4.78 is 91.5. The predicted molar refractivity (Wildman–Crippen MR) is 109 cm³/mol. The fourth-order valence-corrected chi connectivity index (χ4v) is 7.54. The molecule has 1 heterocycles. The van der Waals surface area contributed by atoms with Crippen molar-refractivity contribution in [2.24, 2.45) is 0 Å². The lowest BCUT2D eigenvalue weighted by molar-refractivity contribution is -0.137. The van der Waals surface area contributed by atoms with Crippen molar-refractivity contribution < 1.29 is 40.2 Å². The maximum atomic E-state index is 13.1. The van der Waals surface area contributed by atoms with Gasteiger partial charge in [0.2, 0.25) is 10.0 Å². The second-order valence-corrected chi connectivity index (χ2v) is 12.0. The summed E-state index contributed by atoms with van der Waals surface area (Å²) in [6.45, 7) is -0.848. The minimum Gasteiger partial charge on any atom is -0.393 e. The molecule has 1 fully saturated rings. The molecular formula is C19H19ClF3NO6S2. The van der Waals surface area contributed by atoms with E-state index in [9.17, 15) is 40.2 Å². The van der Waals surface area contributed by atoms with Crippen LogP contribution < -0.4 is 0 Å². The Morgan fingerprint density at radius 1 is 1.12 bits per heavy atom. The smallest absolute Gasteiger partial charge is 0.393 e. The molecule has 13 heteroatoms. The summed E-state index contributed by atoms with van der Waals surface area (Å²) in [7, 11) is -8.88. The van der Waals surface area contributed by atoms with E-state index < -0.39 is 72.1 Å². The van der Waals surface area contributed by atoms with E-state index in [0.717, 1.165) is 5.56 Å². The number of rotatable bonds is 5. The Morgan fingerprint density at radius 2 is 1.72 bits per heavy atom. The number of sulfonamides is 1. The first-order valence-electron chi connectivity index (χ1n) is 9.13. The minimum atomic E-state index is -4.75. The Morgan fingerprint density at radius 3 is 2.22 bits per heavy atom. The first kappa shape index (κ1) is 24.9. The quantitative estimate of drug-likeness (QED) is 0.634. The van der Waals surface area contributed by atoms with E-state index in [1.54, 1.807) is 6.92 Å². The van der Waals surface area contributed by atoms with Crippen LogP contribution in [-0.4, -0.2) is 61.9 Å². The van der Waals surface area contributed by atoms with Crippen LogP contribution in [-0.2, 0) is 26.0 Å². The van der Waals surface area contributed by atoms with Crippen molar-refractivity contribution in [2.75, 3.05) is 19.7 Å². The van der Waals surface area contributed by atoms with E-state index in [4.69, 9.17) is 11.6 Å². The molecule has 32 heavy (non-hydrogen) atoms. The summed E-state index contributed by atoms with van der Waals surface area (Å²) in [5.41, 5.74) is -2.72. The van der Waals surface area contributed by atoms with Gasteiger partial charge in [-0.05, 0) is 37.3 Å². The number of aliphatic hydroxyl groups is 2. The molecule has 2 atom stereocenters. The average molecular weight is 514 g/mol. The van der Waals surface area contributed by atoms with E-state index in [1.165, 1.54) is 24.3 Å². The number of hydrogen-bond donors (Lipinski definition) is 2. The zero-order chi connectivity index (χ0) is 24.1. The van der Waals surface area contributed by atoms with Gasteiger partial charge in [-0.3, -0.25) is 0 Å². The minimum absolute atomic E-state index is 0.174. The highest BCUT2D eigenvalue weighted by atomic mass is 35.5. The van der Waals surface area contributed by atoms with Crippen LogP contribution in [0.25, 0.3) is 0 Å². The highest BCUT2D eigenvalue weighted by Crippen LogP contribution is 2.38. The number of sulfone groups is 1. The van der Waals surface area contributed by atoms with Crippen molar-refractivity contribution in [3.05, 3.63) is 58.6 Å². The lowest BCUT2D eigenvalue weighted by atomic mass is 10.1. The lowest BCUT2D eigenvalue weighted by Crippen LogP contribution is -2.49. The van der Waals surface area contributed by atoms with Crippen LogP contribution in [0.3, 0.4) is 0 Å². The van der Waals surface area contributed by atoms with Gasteiger partial charge in [-0.25, -0.2) is 16.8 Å². The number of hydrogen-bond acceptors (Lipinski definition) is 6. The summed E-state index contributed by atoms with van der Waals surface area (Å²) in [4.78, 5) is -0.854. The Balaban J connectivity index is 2.01. The fraction of sp³-hybridized carbons (Fsp3) is 0.368. The first-order valence-corrected chi connectivity index (χ1v) is 12.5. The fourth-order valence-electron chi connectivity index (χ4n) is 3.47. The molecule has 176 valence electrons. The van der Waals surface area contributed by atoms with Gasteiger partial charge in [0.15, 0.2) is 9.84 Å². The maximum Gasteiger partial charge on any atom is 0.416 e. The lowest BCUT2D eigenvalue weighted by Gasteiger charge is -2.26. The summed E-state index contributed by atoms with van der Waals surface area (Å²) in [6, 6.07) is 7.29. The van der Waals surface area contributed by atoms with Crippen molar-refractivity contribution in [1.29, 1.82) is 0 Å². The first-order chi connectivity index (χ1) is 14.6.